The molecule has 0 aromatic carbocycles. The molecule has 0 bridgehead atoms. The van der Waals surface area contributed by atoms with Crippen molar-refractivity contribution in [3.8, 4) is 0 Å². The van der Waals surface area contributed by atoms with Gasteiger partial charge < -0.3 is 20.3 Å². The maximum absolute atomic E-state index is 11.3. The number of carboxylic acid groups (broad SMARTS) is 1. The molecular weight excluding hydrogens is 224 g/mol. The van der Waals surface area contributed by atoms with Crippen LogP contribution >= 0.6 is 0 Å². The molecule has 0 aliphatic carbocycles. The molecule has 1 fully saturated rings. The number of rotatable bonds is 4. The predicted molar refractivity (Wildman–Crippen MR) is 58.3 cm³/mol. The quantitative estimate of drug-likeness (QED) is 0.688. The summed E-state index contributed by atoms with van der Waals surface area (Å²) in [6.07, 6.45) is 3.87. The minimum Gasteiger partial charge on any atom is -0.481 e. The van der Waals surface area contributed by atoms with Gasteiger partial charge in [0.25, 0.3) is 0 Å². The number of carbonyl (C=O) groups is 2. The lowest BCUT2D eigenvalue weighted by atomic mass is 10.0. The first-order valence-corrected chi connectivity index (χ1v) is 5.33. The van der Waals surface area contributed by atoms with Gasteiger partial charge in [-0.2, -0.15) is 0 Å². The lowest BCUT2D eigenvalue weighted by molar-refractivity contribution is -0.137. The fraction of sp³-hybridized carbons (Fsp3) is 0.500. The van der Waals surface area contributed by atoms with Crippen LogP contribution in [-0.4, -0.2) is 32.7 Å². The SMILES string of the molecule is Cn1cnc(C2NC(=O)NC2CCC(=O)O)c1. The largest absolute Gasteiger partial charge is 0.481 e. The standard InChI is InChI=1S/C10H14N4O3/c1-14-4-7(11-5-14)9-6(2-3-8(15)16)12-10(17)13-9/h4-6,9H,2-3H2,1H3,(H,15,16)(H2,12,13,17). The topological polar surface area (TPSA) is 96.3 Å². The number of urea groups is 1. The Morgan fingerprint density at radius 3 is 2.94 bits per heavy atom. The van der Waals surface area contributed by atoms with Crippen LogP contribution in [0.15, 0.2) is 12.5 Å². The zero-order chi connectivity index (χ0) is 12.4. The van der Waals surface area contributed by atoms with E-state index in [1.54, 1.807) is 10.9 Å². The number of aliphatic carboxylic acids is 1. The van der Waals surface area contributed by atoms with Crippen LogP contribution in [0.4, 0.5) is 4.79 Å². The number of carboxylic acids is 1. The fourth-order valence-corrected chi connectivity index (χ4v) is 1.93. The Balaban J connectivity index is 2.08. The monoisotopic (exact) mass is 238 g/mol. The van der Waals surface area contributed by atoms with Gasteiger partial charge >= 0.3 is 12.0 Å². The molecular formula is C10H14N4O3. The molecule has 3 N–H and O–H groups in total. The summed E-state index contributed by atoms with van der Waals surface area (Å²) in [5.74, 6) is -0.870. The van der Waals surface area contributed by atoms with Crippen molar-refractivity contribution in [2.24, 2.45) is 7.05 Å². The number of nitrogens with one attached hydrogen (secondary N) is 2. The molecule has 2 rings (SSSR count). The second-order valence-electron chi connectivity index (χ2n) is 4.10. The molecule has 2 atom stereocenters. The maximum Gasteiger partial charge on any atom is 0.315 e. The highest BCUT2D eigenvalue weighted by molar-refractivity contribution is 5.77. The molecule has 1 aromatic rings. The van der Waals surface area contributed by atoms with Crippen molar-refractivity contribution >= 4 is 12.0 Å². The summed E-state index contributed by atoms with van der Waals surface area (Å²) in [5, 5.41) is 14.1. The minimum atomic E-state index is -0.870. The van der Waals surface area contributed by atoms with Crippen LogP contribution in [-0.2, 0) is 11.8 Å². The van der Waals surface area contributed by atoms with Crippen molar-refractivity contribution < 1.29 is 14.7 Å². The normalized spacial score (nSPS) is 23.2. The summed E-state index contributed by atoms with van der Waals surface area (Å²) in [7, 11) is 1.84. The summed E-state index contributed by atoms with van der Waals surface area (Å²) in [6, 6.07) is -0.771. The molecule has 1 saturated heterocycles. The molecule has 1 aromatic heterocycles. The second-order valence-corrected chi connectivity index (χ2v) is 4.10. The number of carbonyl (C=O) groups excluding carboxylic acids is 1. The van der Waals surface area contributed by atoms with Crippen molar-refractivity contribution in [2.45, 2.75) is 24.9 Å². The van der Waals surface area contributed by atoms with E-state index in [4.69, 9.17) is 5.11 Å². The van der Waals surface area contributed by atoms with Gasteiger partial charge in [-0.25, -0.2) is 9.78 Å². The van der Waals surface area contributed by atoms with Gasteiger partial charge in [0.15, 0.2) is 0 Å². The molecule has 7 heteroatoms. The molecule has 1 aliphatic rings. The lowest BCUT2D eigenvalue weighted by Gasteiger charge is -2.15. The molecule has 0 spiro atoms. The number of aromatic nitrogens is 2. The van der Waals surface area contributed by atoms with Crippen molar-refractivity contribution in [1.82, 2.24) is 20.2 Å². The van der Waals surface area contributed by atoms with Crippen LogP contribution in [0.2, 0.25) is 0 Å². The third kappa shape index (κ3) is 2.55. The van der Waals surface area contributed by atoms with Crippen LogP contribution in [0.25, 0.3) is 0 Å². The van der Waals surface area contributed by atoms with Gasteiger partial charge in [0.1, 0.15) is 0 Å². The fourth-order valence-electron chi connectivity index (χ4n) is 1.93. The Morgan fingerprint density at radius 2 is 2.35 bits per heavy atom. The van der Waals surface area contributed by atoms with Crippen molar-refractivity contribution in [3.63, 3.8) is 0 Å². The maximum atomic E-state index is 11.3. The number of amides is 2. The van der Waals surface area contributed by atoms with E-state index in [0.717, 1.165) is 5.69 Å². The van der Waals surface area contributed by atoms with E-state index in [2.05, 4.69) is 15.6 Å². The summed E-state index contributed by atoms with van der Waals surface area (Å²) in [4.78, 5) is 26.0. The number of hydrogen-bond acceptors (Lipinski definition) is 3. The highest BCUT2D eigenvalue weighted by Gasteiger charge is 2.34. The molecule has 2 amide bonds. The first kappa shape index (κ1) is 11.4. The van der Waals surface area contributed by atoms with Gasteiger partial charge in [0.05, 0.1) is 24.1 Å². The van der Waals surface area contributed by atoms with Crippen LogP contribution in [0, 0.1) is 0 Å². The summed E-state index contributed by atoms with van der Waals surface area (Å²) in [5.41, 5.74) is 0.737. The average molecular weight is 238 g/mol. The van der Waals surface area contributed by atoms with E-state index in [-0.39, 0.29) is 24.5 Å². The summed E-state index contributed by atoms with van der Waals surface area (Å²) < 4.78 is 1.79. The van der Waals surface area contributed by atoms with Gasteiger partial charge in [0, 0.05) is 19.7 Å². The Morgan fingerprint density at radius 1 is 1.59 bits per heavy atom. The van der Waals surface area contributed by atoms with Crippen molar-refractivity contribution in [1.29, 1.82) is 0 Å². The smallest absolute Gasteiger partial charge is 0.315 e. The highest BCUT2D eigenvalue weighted by Crippen LogP contribution is 2.22. The molecule has 1 aliphatic heterocycles. The number of nitrogens with zero attached hydrogens (tertiary/aromatic N) is 2. The number of aryl methyl sites for hydroxylation is 1. The number of hydrogen-bond donors (Lipinski definition) is 3. The highest BCUT2D eigenvalue weighted by atomic mass is 16.4. The first-order chi connectivity index (χ1) is 8.06. The van der Waals surface area contributed by atoms with Crippen LogP contribution < -0.4 is 10.6 Å². The zero-order valence-corrected chi connectivity index (χ0v) is 9.38. The van der Waals surface area contributed by atoms with Crippen molar-refractivity contribution in [2.75, 3.05) is 0 Å². The Hall–Kier alpha value is -2.05. The van der Waals surface area contributed by atoms with E-state index in [0.29, 0.717) is 6.42 Å². The summed E-state index contributed by atoms with van der Waals surface area (Å²) in [6.45, 7) is 0. The third-order valence-electron chi connectivity index (χ3n) is 2.72. The summed E-state index contributed by atoms with van der Waals surface area (Å²) >= 11 is 0. The minimum absolute atomic E-state index is 0.0238. The molecule has 92 valence electrons. The molecule has 17 heavy (non-hydrogen) atoms. The zero-order valence-electron chi connectivity index (χ0n) is 9.38. The Bertz CT molecular complexity index is 443. The van der Waals surface area contributed by atoms with Gasteiger partial charge in [0.2, 0.25) is 0 Å². The lowest BCUT2D eigenvalue weighted by Crippen LogP contribution is -2.28. The molecule has 7 nitrogen and oxygen atoms in total. The van der Waals surface area contributed by atoms with E-state index >= 15 is 0 Å². The Kier molecular flexibility index (Phi) is 2.99. The van der Waals surface area contributed by atoms with Gasteiger partial charge in [-0.05, 0) is 6.42 Å². The van der Waals surface area contributed by atoms with E-state index < -0.39 is 5.97 Å². The molecule has 0 saturated carbocycles. The first-order valence-electron chi connectivity index (χ1n) is 5.33. The van der Waals surface area contributed by atoms with Gasteiger partial charge in [-0.15, -0.1) is 0 Å². The Labute approximate surface area is 97.8 Å². The van der Waals surface area contributed by atoms with E-state index in [1.165, 1.54) is 0 Å². The molecule has 2 heterocycles. The van der Waals surface area contributed by atoms with Crippen LogP contribution in [0.3, 0.4) is 0 Å². The van der Waals surface area contributed by atoms with Gasteiger partial charge in [-0.1, -0.05) is 0 Å². The molecule has 0 radical (unpaired) electrons. The number of imidazole rings is 1. The van der Waals surface area contributed by atoms with E-state index in [9.17, 15) is 9.59 Å². The van der Waals surface area contributed by atoms with Crippen molar-refractivity contribution in [3.05, 3.63) is 18.2 Å². The van der Waals surface area contributed by atoms with E-state index in [1.807, 2.05) is 13.2 Å². The second kappa shape index (κ2) is 4.44. The predicted octanol–water partition coefficient (Wildman–Crippen LogP) is 0.00740. The van der Waals surface area contributed by atoms with Gasteiger partial charge in [-0.3, -0.25) is 4.79 Å². The molecule has 2 unspecified atom stereocenters. The third-order valence-corrected chi connectivity index (χ3v) is 2.72. The van der Waals surface area contributed by atoms with Crippen LogP contribution in [0.1, 0.15) is 24.6 Å². The average Bonchev–Trinajstić information content (AvgIpc) is 2.81. The van der Waals surface area contributed by atoms with Crippen LogP contribution in [0.5, 0.6) is 0 Å².